The van der Waals surface area contributed by atoms with Gasteiger partial charge in [0.05, 0.1) is 5.52 Å². The van der Waals surface area contributed by atoms with Gasteiger partial charge in [0, 0.05) is 36.3 Å². The Morgan fingerprint density at radius 2 is 2.00 bits per heavy atom. The van der Waals surface area contributed by atoms with E-state index in [0.29, 0.717) is 24.5 Å². The number of fused-ring (bicyclic) bond motifs is 2. The molecule has 6 N–H and O–H groups in total. The van der Waals surface area contributed by atoms with E-state index in [-0.39, 0.29) is 0 Å². The molecule has 0 atom stereocenters. The Bertz CT molecular complexity index is 1320. The highest BCUT2D eigenvalue weighted by atomic mass is 16.4. The van der Waals surface area contributed by atoms with Gasteiger partial charge in [0.15, 0.2) is 0 Å². The van der Waals surface area contributed by atoms with Crippen LogP contribution in [0.1, 0.15) is 28.8 Å². The third kappa shape index (κ3) is 4.06. The van der Waals surface area contributed by atoms with Crippen molar-refractivity contribution in [2.24, 2.45) is 5.73 Å². The lowest BCUT2D eigenvalue weighted by Crippen LogP contribution is -2.30. The molecule has 2 aromatic carbocycles. The van der Waals surface area contributed by atoms with Gasteiger partial charge in [-0.3, -0.25) is 4.57 Å². The first-order valence-corrected chi connectivity index (χ1v) is 11.2. The molecule has 3 heterocycles. The number of aromatic nitrogens is 3. The molecule has 33 heavy (non-hydrogen) atoms. The van der Waals surface area contributed by atoms with E-state index in [0.717, 1.165) is 64.3 Å². The molecule has 0 bridgehead atoms. The van der Waals surface area contributed by atoms with E-state index in [2.05, 4.69) is 34.3 Å². The average Bonchev–Trinajstić information content (AvgIpc) is 3.18. The predicted octanol–water partition coefficient (Wildman–Crippen LogP) is 1.84. The van der Waals surface area contributed by atoms with E-state index in [1.54, 1.807) is 12.1 Å². The highest BCUT2D eigenvalue weighted by Gasteiger charge is 2.20. The zero-order valence-electron chi connectivity index (χ0n) is 18.5. The molecule has 1 aliphatic rings. The monoisotopic (exact) mass is 442 g/mol. The summed E-state index contributed by atoms with van der Waals surface area (Å²) in [6.45, 7) is 3.91. The minimum Gasteiger partial charge on any atom is -0.423 e. The van der Waals surface area contributed by atoms with Crippen LogP contribution < -0.4 is 21.8 Å². The van der Waals surface area contributed by atoms with Crippen molar-refractivity contribution in [2.75, 3.05) is 17.2 Å². The van der Waals surface area contributed by atoms with Crippen molar-refractivity contribution >= 4 is 35.1 Å². The maximum Gasteiger partial charge on any atom is 0.488 e. The van der Waals surface area contributed by atoms with Gasteiger partial charge >= 0.3 is 7.12 Å². The normalized spacial score (nSPS) is 13.0. The minimum atomic E-state index is -1.49. The minimum absolute atomic E-state index is 0.464. The zero-order valence-corrected chi connectivity index (χ0v) is 18.5. The Morgan fingerprint density at radius 3 is 2.82 bits per heavy atom. The lowest BCUT2D eigenvalue weighted by molar-refractivity contribution is 0.425. The van der Waals surface area contributed by atoms with Crippen molar-refractivity contribution in [1.82, 2.24) is 14.5 Å². The summed E-state index contributed by atoms with van der Waals surface area (Å²) in [5, 5.41) is 27.0. The second kappa shape index (κ2) is 8.86. The molecular weight excluding hydrogens is 415 g/mol. The van der Waals surface area contributed by atoms with Crippen molar-refractivity contribution in [3.05, 3.63) is 70.9 Å². The molecule has 0 unspecified atom stereocenters. The molecule has 2 aromatic heterocycles. The first-order valence-electron chi connectivity index (χ1n) is 11.2. The molecular formula is C24H27BN6O2. The van der Waals surface area contributed by atoms with Gasteiger partial charge in [-0.1, -0.05) is 36.4 Å². The number of benzene rings is 2. The summed E-state index contributed by atoms with van der Waals surface area (Å²) in [7, 11) is -1.49. The number of hydrogen-bond donors (Lipinski definition) is 5. The molecule has 0 fully saturated rings. The van der Waals surface area contributed by atoms with Gasteiger partial charge in [-0.15, -0.1) is 0 Å². The van der Waals surface area contributed by atoms with Gasteiger partial charge in [-0.25, -0.2) is 0 Å². The first kappa shape index (κ1) is 21.5. The van der Waals surface area contributed by atoms with Crippen LogP contribution in [-0.4, -0.2) is 38.2 Å². The Hall–Kier alpha value is -3.40. The first-order chi connectivity index (χ1) is 16.0. The van der Waals surface area contributed by atoms with Gasteiger partial charge in [0.2, 0.25) is 5.95 Å². The number of nitrogens with two attached hydrogens (primary N) is 1. The predicted molar refractivity (Wildman–Crippen MR) is 132 cm³/mol. The molecule has 168 valence electrons. The van der Waals surface area contributed by atoms with Gasteiger partial charge in [0.25, 0.3) is 0 Å². The van der Waals surface area contributed by atoms with Crippen molar-refractivity contribution in [1.29, 1.82) is 0 Å². The summed E-state index contributed by atoms with van der Waals surface area (Å²) in [6.07, 6.45) is 1.91. The second-order valence-electron chi connectivity index (χ2n) is 8.38. The fourth-order valence-electron chi connectivity index (χ4n) is 4.49. The van der Waals surface area contributed by atoms with Crippen LogP contribution in [0.4, 0.5) is 11.6 Å². The van der Waals surface area contributed by atoms with Crippen LogP contribution >= 0.6 is 0 Å². The van der Waals surface area contributed by atoms with Crippen LogP contribution in [0.25, 0.3) is 16.9 Å². The molecule has 0 spiro atoms. The fraction of sp³-hybridized carbons (Fsp3) is 0.250. The van der Waals surface area contributed by atoms with E-state index in [1.165, 1.54) is 0 Å². The van der Waals surface area contributed by atoms with Crippen LogP contribution in [0.15, 0.2) is 48.5 Å². The third-order valence-electron chi connectivity index (χ3n) is 6.14. The number of hydrogen-bond acceptors (Lipinski definition) is 7. The highest BCUT2D eigenvalue weighted by molar-refractivity contribution is 6.58. The van der Waals surface area contributed by atoms with Crippen molar-refractivity contribution in [2.45, 2.75) is 32.9 Å². The Labute approximate surface area is 192 Å². The molecule has 9 heteroatoms. The molecule has 0 aliphatic carbocycles. The summed E-state index contributed by atoms with van der Waals surface area (Å²) >= 11 is 0. The molecule has 0 radical (unpaired) electrons. The number of aryl methyl sites for hydroxylation is 1. The van der Waals surface area contributed by atoms with Crippen LogP contribution in [0.3, 0.4) is 0 Å². The number of rotatable bonds is 6. The average molecular weight is 442 g/mol. The number of anilines is 2. The standard InChI is InChI=1S/C24H27BN6O2/c1-15-11-20-17(13-26)6-3-9-21(20)31(15)24-29-22-19(8-4-10-27-22)23(30-24)28-14-16-5-2-7-18(12-16)25(32)33/h2-3,5-7,9,11-12,32-33H,4,8,10,13-14,26H2,1H3,(H2,27,28,29,30). The van der Waals surface area contributed by atoms with Gasteiger partial charge < -0.3 is 26.4 Å². The quantitative estimate of drug-likeness (QED) is 0.289. The van der Waals surface area contributed by atoms with Gasteiger partial charge in [0.1, 0.15) is 11.6 Å². The number of nitrogens with zero attached hydrogens (tertiary/aromatic N) is 3. The Morgan fingerprint density at radius 1 is 1.15 bits per heavy atom. The van der Waals surface area contributed by atoms with Crippen LogP contribution in [0.5, 0.6) is 0 Å². The van der Waals surface area contributed by atoms with Crippen molar-refractivity contribution in [3.8, 4) is 5.95 Å². The number of nitrogens with one attached hydrogen (secondary N) is 2. The Balaban J connectivity index is 1.56. The lowest BCUT2D eigenvalue weighted by Gasteiger charge is -2.22. The zero-order chi connectivity index (χ0) is 22.9. The molecule has 4 aromatic rings. The molecule has 0 saturated carbocycles. The molecule has 0 amide bonds. The summed E-state index contributed by atoms with van der Waals surface area (Å²) in [6, 6.07) is 15.5. The highest BCUT2D eigenvalue weighted by Crippen LogP contribution is 2.31. The molecule has 5 rings (SSSR count). The van der Waals surface area contributed by atoms with E-state index in [1.807, 2.05) is 24.3 Å². The molecule has 0 saturated heterocycles. The maximum absolute atomic E-state index is 9.48. The second-order valence-corrected chi connectivity index (χ2v) is 8.38. The maximum atomic E-state index is 9.48. The topological polar surface area (TPSA) is 121 Å². The lowest BCUT2D eigenvalue weighted by atomic mass is 9.79. The van der Waals surface area contributed by atoms with Crippen molar-refractivity contribution < 1.29 is 10.0 Å². The van der Waals surface area contributed by atoms with Crippen LogP contribution in [0, 0.1) is 6.92 Å². The van der Waals surface area contributed by atoms with Gasteiger partial charge in [-0.05, 0) is 48.5 Å². The van der Waals surface area contributed by atoms with Gasteiger partial charge in [-0.2, -0.15) is 9.97 Å². The van der Waals surface area contributed by atoms with E-state index >= 15 is 0 Å². The molecule has 8 nitrogen and oxygen atoms in total. The van der Waals surface area contributed by atoms with E-state index in [9.17, 15) is 10.0 Å². The van der Waals surface area contributed by atoms with E-state index in [4.69, 9.17) is 15.7 Å². The third-order valence-corrected chi connectivity index (χ3v) is 6.14. The summed E-state index contributed by atoms with van der Waals surface area (Å²) in [5.41, 5.74) is 11.6. The summed E-state index contributed by atoms with van der Waals surface area (Å²) in [5.74, 6) is 2.24. The fourth-order valence-corrected chi connectivity index (χ4v) is 4.49. The largest absolute Gasteiger partial charge is 0.488 e. The van der Waals surface area contributed by atoms with Crippen molar-refractivity contribution in [3.63, 3.8) is 0 Å². The smallest absolute Gasteiger partial charge is 0.423 e. The Kier molecular flexibility index (Phi) is 5.76. The van der Waals surface area contributed by atoms with Crippen LogP contribution in [0.2, 0.25) is 0 Å². The summed E-state index contributed by atoms with van der Waals surface area (Å²) < 4.78 is 2.07. The van der Waals surface area contributed by atoms with E-state index < -0.39 is 7.12 Å². The summed E-state index contributed by atoms with van der Waals surface area (Å²) in [4.78, 5) is 9.82. The SMILES string of the molecule is Cc1cc2c(CN)cccc2n1-c1nc2c(c(NCc3cccc(B(O)O)c3)n1)CCCN2. The van der Waals surface area contributed by atoms with Crippen LogP contribution in [-0.2, 0) is 19.5 Å². The molecule has 1 aliphatic heterocycles.